The van der Waals surface area contributed by atoms with Crippen LogP contribution in [0, 0.1) is 5.95 Å². The van der Waals surface area contributed by atoms with Crippen LogP contribution in [0.15, 0.2) is 67.0 Å². The Morgan fingerprint density at radius 1 is 0.810 bits per heavy atom. The van der Waals surface area contributed by atoms with E-state index in [1.165, 1.54) is 6.07 Å². The van der Waals surface area contributed by atoms with E-state index in [1.54, 1.807) is 18.5 Å². The number of halogens is 1. The molecular formula is C18H11FN2. The maximum Gasteiger partial charge on any atom is 0.212 e. The van der Waals surface area contributed by atoms with Gasteiger partial charge in [0.05, 0.1) is 5.52 Å². The molecule has 0 aliphatic carbocycles. The highest BCUT2D eigenvalue weighted by Crippen LogP contribution is 2.34. The molecule has 2 aromatic carbocycles. The zero-order chi connectivity index (χ0) is 14.2. The highest BCUT2D eigenvalue weighted by molar-refractivity contribution is 6.10. The second-order valence-electron chi connectivity index (χ2n) is 4.92. The zero-order valence-corrected chi connectivity index (χ0v) is 11.1. The van der Waals surface area contributed by atoms with Gasteiger partial charge in [0, 0.05) is 28.9 Å². The summed E-state index contributed by atoms with van der Waals surface area (Å²) in [6.07, 6.45) is 3.34. The number of nitrogens with zero attached hydrogens (tertiary/aromatic N) is 2. The van der Waals surface area contributed by atoms with Crippen molar-refractivity contribution in [3.8, 4) is 11.1 Å². The van der Waals surface area contributed by atoms with Crippen molar-refractivity contribution < 1.29 is 4.39 Å². The van der Waals surface area contributed by atoms with Gasteiger partial charge in [0.15, 0.2) is 0 Å². The Morgan fingerprint density at radius 2 is 1.67 bits per heavy atom. The average Bonchev–Trinajstić information content (AvgIpc) is 2.53. The van der Waals surface area contributed by atoms with E-state index < -0.39 is 5.95 Å². The molecule has 4 aromatic rings. The first-order chi connectivity index (χ1) is 10.3. The number of hydrogen-bond acceptors (Lipinski definition) is 2. The summed E-state index contributed by atoms with van der Waals surface area (Å²) in [5.74, 6) is -0.476. The topological polar surface area (TPSA) is 25.8 Å². The molecule has 0 saturated carbocycles. The van der Waals surface area contributed by atoms with Crippen molar-refractivity contribution in [3.05, 3.63) is 72.9 Å². The van der Waals surface area contributed by atoms with Crippen LogP contribution in [0.1, 0.15) is 0 Å². The molecule has 2 nitrogen and oxygen atoms in total. The lowest BCUT2D eigenvalue weighted by Gasteiger charge is -2.10. The Bertz CT molecular complexity index is 892. The van der Waals surface area contributed by atoms with Crippen LogP contribution >= 0.6 is 0 Å². The highest BCUT2D eigenvalue weighted by atomic mass is 19.1. The summed E-state index contributed by atoms with van der Waals surface area (Å²) in [6.45, 7) is 0. The van der Waals surface area contributed by atoms with Gasteiger partial charge < -0.3 is 0 Å². The van der Waals surface area contributed by atoms with Gasteiger partial charge in [-0.05, 0) is 35.0 Å². The lowest BCUT2D eigenvalue weighted by atomic mass is 9.96. The maximum absolute atomic E-state index is 13.1. The van der Waals surface area contributed by atoms with Gasteiger partial charge in [0.1, 0.15) is 0 Å². The van der Waals surface area contributed by atoms with E-state index in [4.69, 9.17) is 0 Å². The second kappa shape index (κ2) is 4.63. The van der Waals surface area contributed by atoms with E-state index in [1.807, 2.05) is 24.3 Å². The molecule has 3 heteroatoms. The largest absolute Gasteiger partial charge is 0.256 e. The molecule has 0 aliphatic rings. The fourth-order valence-corrected chi connectivity index (χ4v) is 2.70. The second-order valence-corrected chi connectivity index (χ2v) is 4.92. The third-order valence-corrected chi connectivity index (χ3v) is 3.63. The monoisotopic (exact) mass is 274 g/mol. The summed E-state index contributed by atoms with van der Waals surface area (Å²) in [7, 11) is 0. The van der Waals surface area contributed by atoms with Gasteiger partial charge in [-0.15, -0.1) is 0 Å². The van der Waals surface area contributed by atoms with Crippen LogP contribution in [-0.2, 0) is 0 Å². The Balaban J connectivity index is 2.18. The van der Waals surface area contributed by atoms with Gasteiger partial charge in [-0.3, -0.25) is 4.98 Å². The zero-order valence-electron chi connectivity index (χ0n) is 11.1. The van der Waals surface area contributed by atoms with Crippen LogP contribution in [0.5, 0.6) is 0 Å². The fourth-order valence-electron chi connectivity index (χ4n) is 2.70. The van der Waals surface area contributed by atoms with Crippen molar-refractivity contribution in [1.29, 1.82) is 0 Å². The first-order valence-corrected chi connectivity index (χ1v) is 6.71. The Kier molecular flexibility index (Phi) is 2.64. The molecule has 100 valence electrons. The molecule has 0 saturated heterocycles. The number of hydrogen-bond donors (Lipinski definition) is 0. The standard InChI is InChI=1S/C18H11FN2/c19-16-8-7-14(11-21-16)17-15-6-2-1-4-12(15)10-13-5-3-9-20-18(13)17/h1-11H. The molecule has 0 spiro atoms. The third kappa shape index (κ3) is 1.94. The molecule has 4 rings (SSSR count). The normalized spacial score (nSPS) is 11.1. The molecular weight excluding hydrogens is 263 g/mol. The average molecular weight is 274 g/mol. The first-order valence-electron chi connectivity index (χ1n) is 6.71. The molecule has 0 amide bonds. The molecule has 0 bridgehead atoms. The lowest BCUT2D eigenvalue weighted by Crippen LogP contribution is -1.89. The van der Waals surface area contributed by atoms with Crippen LogP contribution in [-0.4, -0.2) is 9.97 Å². The number of rotatable bonds is 1. The summed E-state index contributed by atoms with van der Waals surface area (Å²) in [5.41, 5.74) is 2.78. The predicted molar refractivity (Wildman–Crippen MR) is 82.4 cm³/mol. The molecule has 0 fully saturated rings. The minimum absolute atomic E-state index is 0.476. The van der Waals surface area contributed by atoms with Gasteiger partial charge >= 0.3 is 0 Å². The van der Waals surface area contributed by atoms with Crippen molar-refractivity contribution in [3.63, 3.8) is 0 Å². The predicted octanol–water partition coefficient (Wildman–Crippen LogP) is 4.59. The van der Waals surface area contributed by atoms with Crippen molar-refractivity contribution in [2.24, 2.45) is 0 Å². The van der Waals surface area contributed by atoms with E-state index in [0.29, 0.717) is 0 Å². The van der Waals surface area contributed by atoms with Crippen molar-refractivity contribution in [2.45, 2.75) is 0 Å². The van der Waals surface area contributed by atoms with Gasteiger partial charge in [-0.1, -0.05) is 30.3 Å². The minimum Gasteiger partial charge on any atom is -0.256 e. The van der Waals surface area contributed by atoms with Crippen LogP contribution in [0.2, 0.25) is 0 Å². The summed E-state index contributed by atoms with van der Waals surface area (Å²) < 4.78 is 13.1. The summed E-state index contributed by atoms with van der Waals surface area (Å²) in [5, 5.41) is 3.30. The summed E-state index contributed by atoms with van der Waals surface area (Å²) in [6, 6.07) is 17.3. The van der Waals surface area contributed by atoms with Gasteiger partial charge in [0.2, 0.25) is 5.95 Å². The van der Waals surface area contributed by atoms with E-state index in [9.17, 15) is 4.39 Å². The van der Waals surface area contributed by atoms with Gasteiger partial charge in [0.25, 0.3) is 0 Å². The quantitative estimate of drug-likeness (QED) is 0.375. The minimum atomic E-state index is -0.476. The van der Waals surface area contributed by atoms with Gasteiger partial charge in [-0.25, -0.2) is 4.98 Å². The molecule has 21 heavy (non-hydrogen) atoms. The molecule has 0 atom stereocenters. The fraction of sp³-hybridized carbons (Fsp3) is 0. The molecule has 2 aromatic heterocycles. The van der Waals surface area contributed by atoms with Crippen molar-refractivity contribution in [1.82, 2.24) is 9.97 Å². The summed E-state index contributed by atoms with van der Waals surface area (Å²) in [4.78, 5) is 8.28. The van der Waals surface area contributed by atoms with Crippen molar-refractivity contribution >= 4 is 21.7 Å². The smallest absolute Gasteiger partial charge is 0.212 e. The first kappa shape index (κ1) is 12.0. The number of benzene rings is 2. The molecule has 0 radical (unpaired) electrons. The number of fused-ring (bicyclic) bond motifs is 2. The van der Waals surface area contributed by atoms with E-state index in [2.05, 4.69) is 28.2 Å². The molecule has 0 aliphatic heterocycles. The Hall–Kier alpha value is -2.81. The Labute approximate surface area is 120 Å². The lowest BCUT2D eigenvalue weighted by molar-refractivity contribution is 0.584. The SMILES string of the molecule is Fc1ccc(-c2c3ccccc3cc3cccnc23)cn1. The maximum atomic E-state index is 13.1. The third-order valence-electron chi connectivity index (χ3n) is 3.63. The number of aromatic nitrogens is 2. The van der Waals surface area contributed by atoms with Crippen LogP contribution < -0.4 is 0 Å². The molecule has 2 heterocycles. The van der Waals surface area contributed by atoms with E-state index in [-0.39, 0.29) is 0 Å². The van der Waals surface area contributed by atoms with E-state index in [0.717, 1.165) is 32.8 Å². The van der Waals surface area contributed by atoms with E-state index >= 15 is 0 Å². The van der Waals surface area contributed by atoms with Crippen LogP contribution in [0.25, 0.3) is 32.8 Å². The van der Waals surface area contributed by atoms with Gasteiger partial charge in [-0.2, -0.15) is 4.39 Å². The highest BCUT2D eigenvalue weighted by Gasteiger charge is 2.11. The molecule has 0 N–H and O–H groups in total. The van der Waals surface area contributed by atoms with Crippen LogP contribution in [0.3, 0.4) is 0 Å². The van der Waals surface area contributed by atoms with Crippen LogP contribution in [0.4, 0.5) is 4.39 Å². The summed E-state index contributed by atoms with van der Waals surface area (Å²) >= 11 is 0. The van der Waals surface area contributed by atoms with Crippen molar-refractivity contribution in [2.75, 3.05) is 0 Å². The number of pyridine rings is 2. The molecule has 0 unspecified atom stereocenters. The Morgan fingerprint density at radius 3 is 2.52 bits per heavy atom.